The van der Waals surface area contributed by atoms with Crippen molar-refractivity contribution in [3.63, 3.8) is 0 Å². The van der Waals surface area contributed by atoms with Crippen LogP contribution in [0.5, 0.6) is 11.5 Å². The van der Waals surface area contributed by atoms with Crippen LogP contribution in [0.4, 0.5) is 5.82 Å². The van der Waals surface area contributed by atoms with E-state index in [2.05, 4.69) is 15.1 Å². The Morgan fingerprint density at radius 2 is 1.66 bits per heavy atom. The normalized spacial score (nSPS) is 14.0. The molecule has 8 heteroatoms. The molecule has 1 saturated heterocycles. The summed E-state index contributed by atoms with van der Waals surface area (Å²) in [5.74, 6) is 2.39. The van der Waals surface area contributed by atoms with Gasteiger partial charge < -0.3 is 23.7 Å². The van der Waals surface area contributed by atoms with E-state index in [9.17, 15) is 4.79 Å². The molecule has 1 fully saturated rings. The molecule has 0 saturated carbocycles. The molecular formula is C21H22N4O4. The third-order valence-corrected chi connectivity index (χ3v) is 4.96. The molecule has 1 amide bonds. The summed E-state index contributed by atoms with van der Waals surface area (Å²) in [5.41, 5.74) is 1.14. The van der Waals surface area contributed by atoms with Gasteiger partial charge in [0.25, 0.3) is 5.91 Å². The molecule has 0 aliphatic carbocycles. The van der Waals surface area contributed by atoms with E-state index in [1.807, 2.05) is 29.2 Å². The summed E-state index contributed by atoms with van der Waals surface area (Å²) in [6.45, 7) is 2.47. The molecule has 29 heavy (non-hydrogen) atoms. The molecule has 0 unspecified atom stereocenters. The summed E-state index contributed by atoms with van der Waals surface area (Å²) in [6.07, 6.45) is 1.61. The Bertz CT molecular complexity index is 943. The van der Waals surface area contributed by atoms with Crippen molar-refractivity contribution in [2.45, 2.75) is 0 Å². The standard InChI is InChI=1S/C21H22N4O4/c1-27-17-5-3-6-18(28-2)20(17)21(26)25-12-10-24(11-13-25)19-9-8-15(22-23-19)16-7-4-14-29-16/h3-9,14H,10-13H2,1-2H3. The molecular weight excluding hydrogens is 372 g/mol. The summed E-state index contributed by atoms with van der Waals surface area (Å²) in [7, 11) is 3.10. The summed E-state index contributed by atoms with van der Waals surface area (Å²) < 4.78 is 16.1. The number of nitrogens with zero attached hydrogens (tertiary/aromatic N) is 4. The van der Waals surface area contributed by atoms with E-state index in [0.29, 0.717) is 54.7 Å². The first kappa shape index (κ1) is 18.8. The van der Waals surface area contributed by atoms with Gasteiger partial charge in [0.1, 0.15) is 22.8 Å². The van der Waals surface area contributed by atoms with Crippen molar-refractivity contribution < 1.29 is 18.7 Å². The van der Waals surface area contributed by atoms with Crippen LogP contribution < -0.4 is 14.4 Å². The number of carbonyl (C=O) groups is 1. The van der Waals surface area contributed by atoms with Crippen LogP contribution >= 0.6 is 0 Å². The van der Waals surface area contributed by atoms with Crippen LogP contribution in [0.3, 0.4) is 0 Å². The molecule has 4 rings (SSSR count). The van der Waals surface area contributed by atoms with Gasteiger partial charge in [-0.05, 0) is 36.4 Å². The van der Waals surface area contributed by atoms with Crippen LogP contribution in [0.15, 0.2) is 53.1 Å². The topological polar surface area (TPSA) is 80.9 Å². The lowest BCUT2D eigenvalue weighted by molar-refractivity contribution is 0.0739. The van der Waals surface area contributed by atoms with E-state index in [4.69, 9.17) is 13.9 Å². The number of hydrogen-bond acceptors (Lipinski definition) is 7. The fourth-order valence-electron chi connectivity index (χ4n) is 3.41. The zero-order chi connectivity index (χ0) is 20.2. The Morgan fingerprint density at radius 3 is 2.21 bits per heavy atom. The second-order valence-electron chi connectivity index (χ2n) is 6.57. The van der Waals surface area contributed by atoms with Crippen molar-refractivity contribution in [3.8, 4) is 23.0 Å². The first-order valence-corrected chi connectivity index (χ1v) is 9.34. The van der Waals surface area contributed by atoms with E-state index in [1.54, 1.807) is 38.7 Å². The molecule has 0 atom stereocenters. The number of aromatic nitrogens is 2. The van der Waals surface area contributed by atoms with Crippen LogP contribution in [-0.4, -0.2) is 61.4 Å². The first-order valence-electron chi connectivity index (χ1n) is 9.34. The molecule has 1 aromatic carbocycles. The Morgan fingerprint density at radius 1 is 0.931 bits per heavy atom. The molecule has 0 bridgehead atoms. The van der Waals surface area contributed by atoms with Crippen LogP contribution in [-0.2, 0) is 0 Å². The molecule has 0 N–H and O–H groups in total. The molecule has 2 aromatic heterocycles. The SMILES string of the molecule is COc1cccc(OC)c1C(=O)N1CCN(c2ccc(-c3ccco3)nn2)CC1. The number of amides is 1. The Balaban J connectivity index is 1.44. The number of piperazine rings is 1. The fourth-order valence-corrected chi connectivity index (χ4v) is 3.41. The third-order valence-electron chi connectivity index (χ3n) is 4.96. The van der Waals surface area contributed by atoms with Gasteiger partial charge in [0.15, 0.2) is 11.6 Å². The van der Waals surface area contributed by atoms with Gasteiger partial charge in [-0.25, -0.2) is 0 Å². The van der Waals surface area contributed by atoms with Gasteiger partial charge in [0.05, 0.1) is 20.5 Å². The second kappa shape index (κ2) is 8.22. The van der Waals surface area contributed by atoms with Gasteiger partial charge >= 0.3 is 0 Å². The Kier molecular flexibility index (Phi) is 5.33. The van der Waals surface area contributed by atoms with Gasteiger partial charge in [0, 0.05) is 26.2 Å². The van der Waals surface area contributed by atoms with Crippen molar-refractivity contribution in [2.24, 2.45) is 0 Å². The highest BCUT2D eigenvalue weighted by molar-refractivity contribution is 5.99. The van der Waals surface area contributed by atoms with Gasteiger partial charge in [-0.2, -0.15) is 0 Å². The monoisotopic (exact) mass is 394 g/mol. The first-order chi connectivity index (χ1) is 14.2. The highest BCUT2D eigenvalue weighted by atomic mass is 16.5. The number of carbonyl (C=O) groups excluding carboxylic acids is 1. The minimum atomic E-state index is -0.0989. The largest absolute Gasteiger partial charge is 0.496 e. The van der Waals surface area contributed by atoms with Crippen LogP contribution in [0, 0.1) is 0 Å². The predicted octanol–water partition coefficient (Wildman–Crippen LogP) is 2.72. The quantitative estimate of drug-likeness (QED) is 0.658. The Hall–Kier alpha value is -3.55. The van der Waals surface area contributed by atoms with Gasteiger partial charge in [-0.15, -0.1) is 10.2 Å². The number of ether oxygens (including phenoxy) is 2. The van der Waals surface area contributed by atoms with Crippen molar-refractivity contribution >= 4 is 11.7 Å². The molecule has 150 valence electrons. The maximum Gasteiger partial charge on any atom is 0.261 e. The Labute approximate surface area is 168 Å². The van der Waals surface area contributed by atoms with Crippen LogP contribution in [0.2, 0.25) is 0 Å². The summed E-state index contributed by atoms with van der Waals surface area (Å²) in [6, 6.07) is 12.8. The molecule has 8 nitrogen and oxygen atoms in total. The highest BCUT2D eigenvalue weighted by Crippen LogP contribution is 2.30. The van der Waals surface area contributed by atoms with E-state index in [1.165, 1.54) is 0 Å². The minimum absolute atomic E-state index is 0.0989. The lowest BCUT2D eigenvalue weighted by Gasteiger charge is -2.35. The number of methoxy groups -OCH3 is 2. The maximum atomic E-state index is 13.1. The maximum absolute atomic E-state index is 13.1. The van der Waals surface area contributed by atoms with Gasteiger partial charge in [-0.3, -0.25) is 4.79 Å². The molecule has 3 heterocycles. The minimum Gasteiger partial charge on any atom is -0.496 e. The van der Waals surface area contributed by atoms with Crippen molar-refractivity contribution in [1.82, 2.24) is 15.1 Å². The molecule has 1 aliphatic rings. The average molecular weight is 394 g/mol. The van der Waals surface area contributed by atoms with Gasteiger partial charge in [-0.1, -0.05) is 6.07 Å². The number of hydrogen-bond donors (Lipinski definition) is 0. The molecule has 0 spiro atoms. The van der Waals surface area contributed by atoms with E-state index in [0.717, 1.165) is 5.82 Å². The van der Waals surface area contributed by atoms with Crippen LogP contribution in [0.25, 0.3) is 11.5 Å². The lowest BCUT2D eigenvalue weighted by Crippen LogP contribution is -2.49. The smallest absolute Gasteiger partial charge is 0.261 e. The molecule has 3 aromatic rings. The van der Waals surface area contributed by atoms with Crippen LogP contribution in [0.1, 0.15) is 10.4 Å². The van der Waals surface area contributed by atoms with Crippen molar-refractivity contribution in [2.75, 3.05) is 45.3 Å². The second-order valence-corrected chi connectivity index (χ2v) is 6.57. The summed E-state index contributed by atoms with van der Waals surface area (Å²) >= 11 is 0. The number of anilines is 1. The van der Waals surface area contributed by atoms with E-state index >= 15 is 0 Å². The molecule has 1 aliphatic heterocycles. The van der Waals surface area contributed by atoms with Crippen molar-refractivity contribution in [3.05, 3.63) is 54.3 Å². The number of furan rings is 1. The van der Waals surface area contributed by atoms with E-state index < -0.39 is 0 Å². The zero-order valence-corrected chi connectivity index (χ0v) is 16.4. The number of benzene rings is 1. The van der Waals surface area contributed by atoms with E-state index in [-0.39, 0.29) is 5.91 Å². The average Bonchev–Trinajstić information content (AvgIpc) is 3.33. The highest BCUT2D eigenvalue weighted by Gasteiger charge is 2.27. The van der Waals surface area contributed by atoms with Crippen molar-refractivity contribution in [1.29, 1.82) is 0 Å². The fraction of sp³-hybridized carbons (Fsp3) is 0.286. The summed E-state index contributed by atoms with van der Waals surface area (Å²) in [5, 5.41) is 8.56. The lowest BCUT2D eigenvalue weighted by atomic mass is 10.1. The number of rotatable bonds is 5. The predicted molar refractivity (Wildman–Crippen MR) is 107 cm³/mol. The zero-order valence-electron chi connectivity index (χ0n) is 16.4. The van der Waals surface area contributed by atoms with Gasteiger partial charge in [0.2, 0.25) is 0 Å². The molecule has 0 radical (unpaired) electrons. The third kappa shape index (κ3) is 3.73. The summed E-state index contributed by atoms with van der Waals surface area (Å²) in [4.78, 5) is 17.0.